The Morgan fingerprint density at radius 3 is 2.71 bits per heavy atom. The van der Waals surface area contributed by atoms with Crippen molar-refractivity contribution in [2.75, 3.05) is 0 Å². The van der Waals surface area contributed by atoms with Gasteiger partial charge in [0, 0.05) is 24.4 Å². The largest absolute Gasteiger partial charge is 0.477 e. The van der Waals surface area contributed by atoms with Gasteiger partial charge in [0.1, 0.15) is 11.5 Å². The topological polar surface area (TPSA) is 78.7 Å². The van der Waals surface area contributed by atoms with E-state index in [0.717, 1.165) is 11.4 Å². The molecule has 0 amide bonds. The highest BCUT2D eigenvalue weighted by atomic mass is 16.4. The number of hydrazone groups is 1. The quantitative estimate of drug-likeness (QED) is 0.837. The van der Waals surface area contributed by atoms with Crippen LogP contribution in [0.4, 0.5) is 0 Å². The zero-order valence-electron chi connectivity index (χ0n) is 9.79. The maximum Gasteiger partial charge on any atom is 0.352 e. The van der Waals surface area contributed by atoms with Crippen molar-refractivity contribution < 1.29 is 9.90 Å². The number of carboxylic acids is 1. The lowest BCUT2D eigenvalue weighted by molar-refractivity contribution is -0.129. The van der Waals surface area contributed by atoms with Gasteiger partial charge in [0.15, 0.2) is 0 Å². The van der Waals surface area contributed by atoms with E-state index in [1.165, 1.54) is 0 Å². The van der Waals surface area contributed by atoms with E-state index in [4.69, 9.17) is 5.11 Å². The molecule has 1 aromatic heterocycles. The van der Waals surface area contributed by atoms with Crippen LogP contribution in [0.15, 0.2) is 17.5 Å². The molecule has 2 heterocycles. The van der Waals surface area contributed by atoms with E-state index < -0.39 is 5.97 Å². The molecular weight excluding hydrogens is 220 g/mol. The van der Waals surface area contributed by atoms with Crippen LogP contribution in [0.3, 0.4) is 0 Å². The molecule has 6 heteroatoms. The summed E-state index contributed by atoms with van der Waals surface area (Å²) in [6.07, 6.45) is 3.95. The van der Waals surface area contributed by atoms with Crippen molar-refractivity contribution in [2.45, 2.75) is 32.9 Å². The van der Waals surface area contributed by atoms with Gasteiger partial charge in [-0.05, 0) is 13.8 Å². The molecule has 1 aromatic rings. The maximum absolute atomic E-state index is 10.8. The summed E-state index contributed by atoms with van der Waals surface area (Å²) in [7, 11) is 0. The zero-order chi connectivity index (χ0) is 12.4. The Balaban J connectivity index is 2.09. The van der Waals surface area contributed by atoms with Crippen LogP contribution in [0.25, 0.3) is 0 Å². The summed E-state index contributed by atoms with van der Waals surface area (Å²) in [6, 6.07) is 0.0994. The fourth-order valence-electron chi connectivity index (χ4n) is 1.69. The van der Waals surface area contributed by atoms with Crippen molar-refractivity contribution in [3.63, 3.8) is 0 Å². The number of aryl methyl sites for hydroxylation is 1. The first kappa shape index (κ1) is 11.5. The molecule has 0 saturated heterocycles. The van der Waals surface area contributed by atoms with E-state index in [2.05, 4.69) is 15.1 Å². The van der Waals surface area contributed by atoms with E-state index in [1.807, 2.05) is 13.8 Å². The lowest BCUT2D eigenvalue weighted by atomic mass is 10.2. The van der Waals surface area contributed by atoms with Gasteiger partial charge in [-0.25, -0.2) is 14.8 Å². The Bertz CT molecular complexity index is 455. The molecule has 6 nitrogen and oxygen atoms in total. The van der Waals surface area contributed by atoms with Gasteiger partial charge in [-0.3, -0.25) is 5.01 Å². The van der Waals surface area contributed by atoms with Crippen LogP contribution in [0, 0.1) is 6.92 Å². The van der Waals surface area contributed by atoms with Gasteiger partial charge >= 0.3 is 5.97 Å². The van der Waals surface area contributed by atoms with Crippen molar-refractivity contribution in [1.82, 2.24) is 15.0 Å². The van der Waals surface area contributed by atoms with Crippen molar-refractivity contribution in [3.05, 3.63) is 23.8 Å². The van der Waals surface area contributed by atoms with Gasteiger partial charge < -0.3 is 5.11 Å². The summed E-state index contributed by atoms with van der Waals surface area (Å²) in [6.45, 7) is 4.32. The zero-order valence-corrected chi connectivity index (χ0v) is 9.79. The van der Waals surface area contributed by atoms with E-state index in [9.17, 15) is 4.79 Å². The fourth-order valence-corrected chi connectivity index (χ4v) is 1.69. The normalized spacial score (nSPS) is 19.3. The molecule has 90 valence electrons. The van der Waals surface area contributed by atoms with Crippen molar-refractivity contribution in [1.29, 1.82) is 0 Å². The van der Waals surface area contributed by atoms with Crippen molar-refractivity contribution in [2.24, 2.45) is 5.10 Å². The van der Waals surface area contributed by atoms with Crippen LogP contribution in [0.5, 0.6) is 0 Å². The van der Waals surface area contributed by atoms with Crippen LogP contribution >= 0.6 is 0 Å². The molecule has 0 spiro atoms. The molecule has 1 aliphatic rings. The fraction of sp³-hybridized carbons (Fsp3) is 0.455. The minimum Gasteiger partial charge on any atom is -0.477 e. The molecule has 17 heavy (non-hydrogen) atoms. The van der Waals surface area contributed by atoms with Crippen molar-refractivity contribution >= 4 is 11.7 Å². The van der Waals surface area contributed by atoms with Crippen LogP contribution in [-0.2, 0) is 11.3 Å². The number of hydrogen-bond donors (Lipinski definition) is 1. The highest BCUT2D eigenvalue weighted by molar-refractivity contribution is 6.36. The first-order chi connectivity index (χ1) is 8.06. The third kappa shape index (κ3) is 2.58. The molecule has 0 fully saturated rings. The molecule has 0 aliphatic carbocycles. The highest BCUT2D eigenvalue weighted by Crippen LogP contribution is 2.17. The number of aliphatic carboxylic acids is 1. The van der Waals surface area contributed by atoms with Crippen LogP contribution in [0.1, 0.15) is 24.7 Å². The average molecular weight is 234 g/mol. The van der Waals surface area contributed by atoms with Gasteiger partial charge in [-0.2, -0.15) is 5.10 Å². The van der Waals surface area contributed by atoms with Gasteiger partial charge in [-0.15, -0.1) is 0 Å². The number of rotatable bonds is 3. The molecule has 0 aromatic carbocycles. The summed E-state index contributed by atoms with van der Waals surface area (Å²) in [5, 5.41) is 14.7. The summed E-state index contributed by atoms with van der Waals surface area (Å²) in [5.41, 5.74) is 1.14. The van der Waals surface area contributed by atoms with Gasteiger partial charge in [0.2, 0.25) is 0 Å². The van der Waals surface area contributed by atoms with E-state index in [0.29, 0.717) is 13.0 Å². The van der Waals surface area contributed by atoms with Gasteiger partial charge in [-0.1, -0.05) is 0 Å². The average Bonchev–Trinajstić information content (AvgIpc) is 2.64. The monoisotopic (exact) mass is 234 g/mol. The van der Waals surface area contributed by atoms with Gasteiger partial charge in [0.25, 0.3) is 0 Å². The number of carbonyl (C=O) groups is 1. The second-order valence-electron chi connectivity index (χ2n) is 4.14. The maximum atomic E-state index is 10.8. The Labute approximate surface area is 99.0 Å². The summed E-state index contributed by atoms with van der Waals surface area (Å²) in [5.74, 6) is -0.225. The molecule has 0 saturated carbocycles. The van der Waals surface area contributed by atoms with Crippen molar-refractivity contribution in [3.8, 4) is 0 Å². The van der Waals surface area contributed by atoms with E-state index in [-0.39, 0.29) is 11.8 Å². The van der Waals surface area contributed by atoms with Crippen LogP contribution < -0.4 is 0 Å². The molecule has 0 radical (unpaired) electrons. The Morgan fingerprint density at radius 2 is 2.18 bits per heavy atom. The SMILES string of the molecule is Cc1ncc(CN2N=C(C(=O)O)CC2C)cn1. The van der Waals surface area contributed by atoms with E-state index in [1.54, 1.807) is 17.4 Å². The standard InChI is InChI=1S/C11H14N4O2/c1-7-3-10(11(16)17)14-15(7)6-9-4-12-8(2)13-5-9/h4-5,7H,3,6H2,1-2H3,(H,16,17). The number of carboxylic acid groups (broad SMARTS) is 1. The number of aromatic nitrogens is 2. The van der Waals surface area contributed by atoms with Crippen LogP contribution in [-0.4, -0.2) is 37.8 Å². The Hall–Kier alpha value is -1.98. The molecule has 1 atom stereocenters. The van der Waals surface area contributed by atoms with E-state index >= 15 is 0 Å². The molecule has 1 N–H and O–H groups in total. The van der Waals surface area contributed by atoms with Crippen LogP contribution in [0.2, 0.25) is 0 Å². The number of hydrogen-bond acceptors (Lipinski definition) is 5. The summed E-state index contributed by atoms with van der Waals surface area (Å²) in [4.78, 5) is 19.0. The number of nitrogens with zero attached hydrogens (tertiary/aromatic N) is 4. The first-order valence-electron chi connectivity index (χ1n) is 5.41. The minimum absolute atomic E-state index is 0.0994. The lowest BCUT2D eigenvalue weighted by Gasteiger charge is -2.19. The summed E-state index contributed by atoms with van der Waals surface area (Å²) >= 11 is 0. The third-order valence-corrected chi connectivity index (χ3v) is 2.67. The second-order valence-corrected chi connectivity index (χ2v) is 4.14. The summed E-state index contributed by atoms with van der Waals surface area (Å²) < 4.78 is 0. The lowest BCUT2D eigenvalue weighted by Crippen LogP contribution is -2.23. The molecule has 0 bridgehead atoms. The molecule has 2 rings (SSSR count). The molecule has 1 unspecified atom stereocenters. The predicted octanol–water partition coefficient (Wildman–Crippen LogP) is 0.820. The van der Waals surface area contributed by atoms with Gasteiger partial charge in [0.05, 0.1) is 12.6 Å². The predicted molar refractivity (Wildman–Crippen MR) is 61.5 cm³/mol. The highest BCUT2D eigenvalue weighted by Gasteiger charge is 2.26. The molecule has 1 aliphatic heterocycles. The first-order valence-corrected chi connectivity index (χ1v) is 5.41. The Morgan fingerprint density at radius 1 is 1.53 bits per heavy atom. The molecular formula is C11H14N4O2. The second kappa shape index (κ2) is 4.48. The Kier molecular flexibility index (Phi) is 3.03. The smallest absolute Gasteiger partial charge is 0.352 e. The minimum atomic E-state index is -0.945. The third-order valence-electron chi connectivity index (χ3n) is 2.67.